The molecular formula is C32H36ClN3O2. The number of carbonyl (C=O) groups excluding carboxylic acids is 1. The van der Waals surface area contributed by atoms with E-state index < -0.39 is 0 Å². The van der Waals surface area contributed by atoms with Crippen LogP contribution < -0.4 is 4.74 Å². The Bertz CT molecular complexity index is 1390. The number of aryl methyl sites for hydroxylation is 1. The summed E-state index contributed by atoms with van der Waals surface area (Å²) in [4.78, 5) is 21.2. The molecule has 0 saturated carbocycles. The van der Waals surface area contributed by atoms with Crippen LogP contribution in [-0.2, 0) is 17.9 Å². The molecule has 0 aliphatic carbocycles. The van der Waals surface area contributed by atoms with Crippen molar-refractivity contribution in [1.29, 1.82) is 0 Å². The zero-order valence-corrected chi connectivity index (χ0v) is 23.0. The van der Waals surface area contributed by atoms with Crippen molar-refractivity contribution in [2.24, 2.45) is 5.41 Å². The summed E-state index contributed by atoms with van der Waals surface area (Å²) in [6.07, 6.45) is 4.43. The number of amides is 1. The molecule has 5 nitrogen and oxygen atoms in total. The third kappa shape index (κ3) is 6.23. The number of aromatic amines is 1. The first kappa shape index (κ1) is 26.3. The van der Waals surface area contributed by atoms with E-state index in [2.05, 4.69) is 46.3 Å². The van der Waals surface area contributed by atoms with Crippen molar-refractivity contribution in [3.05, 3.63) is 101 Å². The van der Waals surface area contributed by atoms with Crippen molar-refractivity contribution in [2.75, 3.05) is 26.7 Å². The lowest BCUT2D eigenvalue weighted by molar-refractivity contribution is -0.135. The number of rotatable bonds is 9. The Morgan fingerprint density at radius 3 is 2.76 bits per heavy atom. The summed E-state index contributed by atoms with van der Waals surface area (Å²) in [5.41, 5.74) is 4.31. The van der Waals surface area contributed by atoms with Gasteiger partial charge in [0.25, 0.3) is 0 Å². The number of nitrogens with zero attached hydrogens (tertiary/aromatic N) is 2. The standard InChI is InChI=1S/C32H36ClN3O2/c1-24-18-27(12-13-29(24)33)38-23-32(19-31(37)35(2)20-25-8-4-3-5-9-25)15-7-17-36(22-32)21-26-10-6-11-30-28(26)14-16-34-30/h3-6,8-14,16,18,34H,7,15,17,19-23H2,1-2H3. The number of carbonyl (C=O) groups is 1. The third-order valence-electron chi connectivity index (χ3n) is 7.71. The number of nitrogens with one attached hydrogen (secondary N) is 1. The van der Waals surface area contributed by atoms with E-state index in [0.29, 0.717) is 19.6 Å². The molecule has 0 spiro atoms. The molecule has 3 aromatic carbocycles. The van der Waals surface area contributed by atoms with Crippen LogP contribution in [0.25, 0.3) is 10.9 Å². The summed E-state index contributed by atoms with van der Waals surface area (Å²) in [5, 5.41) is 1.99. The molecule has 1 aliphatic heterocycles. The highest BCUT2D eigenvalue weighted by Crippen LogP contribution is 2.36. The number of hydrogen-bond donors (Lipinski definition) is 1. The number of fused-ring (bicyclic) bond motifs is 1. The van der Waals surface area contributed by atoms with Crippen LogP contribution in [-0.4, -0.2) is 47.4 Å². The lowest BCUT2D eigenvalue weighted by atomic mass is 9.77. The average Bonchev–Trinajstić information content (AvgIpc) is 3.40. The first-order valence-electron chi connectivity index (χ1n) is 13.3. The Kier molecular flexibility index (Phi) is 8.06. The molecular weight excluding hydrogens is 494 g/mol. The van der Waals surface area contributed by atoms with Crippen LogP contribution in [0.2, 0.25) is 5.02 Å². The number of benzene rings is 3. The van der Waals surface area contributed by atoms with Crippen LogP contribution in [0.4, 0.5) is 0 Å². The molecule has 1 unspecified atom stereocenters. The van der Waals surface area contributed by atoms with E-state index in [1.807, 2.05) is 61.5 Å². The van der Waals surface area contributed by atoms with Gasteiger partial charge in [-0.05, 0) is 73.3 Å². The Hall–Kier alpha value is -3.28. The number of ether oxygens (including phenoxy) is 1. The zero-order chi connectivity index (χ0) is 26.5. The van der Waals surface area contributed by atoms with Gasteiger partial charge in [-0.25, -0.2) is 0 Å². The second-order valence-corrected chi connectivity index (χ2v) is 11.2. The van der Waals surface area contributed by atoms with Gasteiger partial charge in [0.15, 0.2) is 0 Å². The fourth-order valence-corrected chi connectivity index (χ4v) is 5.75. The second kappa shape index (κ2) is 11.6. The minimum Gasteiger partial charge on any atom is -0.493 e. The minimum absolute atomic E-state index is 0.152. The Morgan fingerprint density at radius 1 is 1.11 bits per heavy atom. The number of piperidine rings is 1. The molecule has 1 atom stereocenters. The van der Waals surface area contributed by atoms with Gasteiger partial charge >= 0.3 is 0 Å². The fraction of sp³-hybridized carbons (Fsp3) is 0.344. The number of H-pyrrole nitrogens is 1. The summed E-state index contributed by atoms with van der Waals surface area (Å²) in [6, 6.07) is 24.5. The van der Waals surface area contributed by atoms with Crippen molar-refractivity contribution >= 4 is 28.4 Å². The van der Waals surface area contributed by atoms with E-state index in [-0.39, 0.29) is 11.3 Å². The second-order valence-electron chi connectivity index (χ2n) is 10.8. The fourth-order valence-electron chi connectivity index (χ4n) is 5.63. The third-order valence-corrected chi connectivity index (χ3v) is 8.13. The average molecular weight is 530 g/mol. The van der Waals surface area contributed by atoms with E-state index in [4.69, 9.17) is 16.3 Å². The van der Waals surface area contributed by atoms with E-state index in [0.717, 1.165) is 59.9 Å². The lowest BCUT2D eigenvalue weighted by Crippen LogP contribution is -2.48. The molecule has 2 heterocycles. The highest BCUT2D eigenvalue weighted by molar-refractivity contribution is 6.31. The van der Waals surface area contributed by atoms with Gasteiger partial charge < -0.3 is 14.6 Å². The Labute approximate surface area is 230 Å². The molecule has 6 heteroatoms. The van der Waals surface area contributed by atoms with Crippen molar-refractivity contribution in [3.8, 4) is 5.75 Å². The molecule has 38 heavy (non-hydrogen) atoms. The maximum atomic E-state index is 13.6. The molecule has 1 amide bonds. The first-order valence-corrected chi connectivity index (χ1v) is 13.7. The molecule has 4 aromatic rings. The number of aromatic nitrogens is 1. The summed E-state index contributed by atoms with van der Waals surface area (Å²) in [7, 11) is 1.90. The van der Waals surface area contributed by atoms with Crippen LogP contribution in [0.3, 0.4) is 0 Å². The van der Waals surface area contributed by atoms with Gasteiger partial charge in [0, 0.05) is 60.6 Å². The molecule has 1 aliphatic rings. The predicted molar refractivity (Wildman–Crippen MR) is 154 cm³/mol. The van der Waals surface area contributed by atoms with Crippen LogP contribution in [0.1, 0.15) is 36.0 Å². The van der Waals surface area contributed by atoms with E-state index in [1.165, 1.54) is 10.9 Å². The van der Waals surface area contributed by atoms with Crippen LogP contribution in [0.15, 0.2) is 79.0 Å². The maximum Gasteiger partial charge on any atom is 0.223 e. The minimum atomic E-state index is -0.278. The summed E-state index contributed by atoms with van der Waals surface area (Å²) in [6.45, 7) is 5.75. The van der Waals surface area contributed by atoms with Crippen molar-refractivity contribution in [1.82, 2.24) is 14.8 Å². The van der Waals surface area contributed by atoms with Gasteiger partial charge in [-0.1, -0.05) is 54.1 Å². The SMILES string of the molecule is Cc1cc(OCC2(CC(=O)N(C)Cc3ccccc3)CCCN(Cc3cccc4[nH]ccc34)C2)ccc1Cl. The first-order chi connectivity index (χ1) is 18.4. The number of halogens is 1. The van der Waals surface area contributed by atoms with Crippen molar-refractivity contribution in [3.63, 3.8) is 0 Å². The number of hydrogen-bond acceptors (Lipinski definition) is 3. The molecule has 0 bridgehead atoms. The lowest BCUT2D eigenvalue weighted by Gasteiger charge is -2.43. The predicted octanol–water partition coefficient (Wildman–Crippen LogP) is 6.84. The van der Waals surface area contributed by atoms with Crippen molar-refractivity contribution < 1.29 is 9.53 Å². The zero-order valence-electron chi connectivity index (χ0n) is 22.3. The normalized spacial score (nSPS) is 18.0. The van der Waals surface area contributed by atoms with Gasteiger partial charge in [0.2, 0.25) is 5.91 Å². The van der Waals surface area contributed by atoms with Crippen LogP contribution in [0, 0.1) is 12.3 Å². The Balaban J connectivity index is 1.34. The van der Waals surface area contributed by atoms with Gasteiger partial charge in [0.05, 0.1) is 6.61 Å². The Morgan fingerprint density at radius 2 is 1.95 bits per heavy atom. The molecule has 5 rings (SSSR count). The van der Waals surface area contributed by atoms with Gasteiger partial charge in [0.1, 0.15) is 5.75 Å². The van der Waals surface area contributed by atoms with Gasteiger partial charge in [-0.3, -0.25) is 9.69 Å². The van der Waals surface area contributed by atoms with Gasteiger partial charge in [-0.15, -0.1) is 0 Å². The van der Waals surface area contributed by atoms with Crippen LogP contribution in [0.5, 0.6) is 5.75 Å². The maximum absolute atomic E-state index is 13.6. The molecule has 1 fully saturated rings. The highest BCUT2D eigenvalue weighted by atomic mass is 35.5. The molecule has 1 saturated heterocycles. The van der Waals surface area contributed by atoms with Crippen LogP contribution >= 0.6 is 11.6 Å². The smallest absolute Gasteiger partial charge is 0.223 e. The summed E-state index contributed by atoms with van der Waals surface area (Å²) >= 11 is 6.24. The summed E-state index contributed by atoms with van der Waals surface area (Å²) < 4.78 is 6.38. The molecule has 1 aromatic heterocycles. The number of likely N-dealkylation sites (tertiary alicyclic amines) is 1. The molecule has 0 radical (unpaired) electrons. The van der Waals surface area contributed by atoms with Crippen molar-refractivity contribution in [2.45, 2.75) is 39.3 Å². The quantitative estimate of drug-likeness (QED) is 0.258. The topological polar surface area (TPSA) is 48.6 Å². The molecule has 198 valence electrons. The van der Waals surface area contributed by atoms with E-state index in [1.54, 1.807) is 0 Å². The molecule has 1 N–H and O–H groups in total. The van der Waals surface area contributed by atoms with Gasteiger partial charge in [-0.2, -0.15) is 0 Å². The van der Waals surface area contributed by atoms with E-state index in [9.17, 15) is 4.79 Å². The largest absolute Gasteiger partial charge is 0.493 e. The highest BCUT2D eigenvalue weighted by Gasteiger charge is 2.39. The van der Waals surface area contributed by atoms with E-state index >= 15 is 0 Å². The summed E-state index contributed by atoms with van der Waals surface area (Å²) in [5.74, 6) is 0.949. The monoisotopic (exact) mass is 529 g/mol.